The van der Waals surface area contributed by atoms with Crippen molar-refractivity contribution in [2.24, 2.45) is 5.73 Å². The Bertz CT molecular complexity index is 769. The summed E-state index contributed by atoms with van der Waals surface area (Å²) in [7, 11) is 0. The van der Waals surface area contributed by atoms with E-state index in [-0.39, 0.29) is 24.2 Å². The number of nitrogens with zero attached hydrogens (tertiary/aromatic N) is 1. The Morgan fingerprint density at radius 2 is 1.69 bits per heavy atom. The molecule has 1 aliphatic rings. The number of anilines is 2. The van der Waals surface area contributed by atoms with Crippen LogP contribution in [0.5, 0.6) is 0 Å². The van der Waals surface area contributed by atoms with E-state index < -0.39 is 5.54 Å². The number of carbonyl (C=O) groups is 2. The van der Waals surface area contributed by atoms with Gasteiger partial charge in [-0.15, -0.1) is 12.4 Å². The normalized spacial score (nSPS) is 15.6. The highest BCUT2D eigenvalue weighted by atomic mass is 35.5. The van der Waals surface area contributed by atoms with Crippen molar-refractivity contribution in [1.29, 1.82) is 0 Å². The van der Waals surface area contributed by atoms with E-state index in [0.29, 0.717) is 48.8 Å². The molecule has 2 heterocycles. The summed E-state index contributed by atoms with van der Waals surface area (Å²) in [5, 5.41) is 9.13. The number of carbonyl (C=O) groups excluding carboxylic acids is 2. The molecule has 2 aromatic rings. The van der Waals surface area contributed by atoms with Crippen molar-refractivity contribution in [1.82, 2.24) is 5.16 Å². The van der Waals surface area contributed by atoms with Crippen molar-refractivity contribution in [3.8, 4) is 0 Å². The summed E-state index contributed by atoms with van der Waals surface area (Å²) in [6.45, 7) is 2.63. The molecule has 1 aliphatic heterocycles. The van der Waals surface area contributed by atoms with Crippen molar-refractivity contribution >= 4 is 35.6 Å². The first-order chi connectivity index (χ1) is 12.0. The van der Waals surface area contributed by atoms with E-state index in [1.54, 1.807) is 31.2 Å². The van der Waals surface area contributed by atoms with Gasteiger partial charge < -0.3 is 25.6 Å². The maximum absolute atomic E-state index is 12.4. The minimum atomic E-state index is -0.906. The van der Waals surface area contributed by atoms with E-state index in [2.05, 4.69) is 15.8 Å². The predicted octanol–water partition coefficient (Wildman–Crippen LogP) is 2.10. The second-order valence-corrected chi connectivity index (χ2v) is 6.05. The number of amides is 2. The maximum atomic E-state index is 12.4. The third kappa shape index (κ3) is 4.40. The van der Waals surface area contributed by atoms with Gasteiger partial charge in [0.15, 0.2) is 0 Å². The molecule has 3 rings (SSSR count). The van der Waals surface area contributed by atoms with E-state index in [0.717, 1.165) is 0 Å². The highest BCUT2D eigenvalue weighted by Gasteiger charge is 2.35. The van der Waals surface area contributed by atoms with Crippen molar-refractivity contribution < 1.29 is 18.8 Å². The number of nitrogens with two attached hydrogens (primary N) is 1. The molecule has 9 heteroatoms. The second kappa shape index (κ2) is 8.31. The smallest absolute Gasteiger partial charge is 0.260 e. The molecule has 0 aliphatic carbocycles. The molecule has 4 N–H and O–H groups in total. The molecule has 8 nitrogen and oxygen atoms in total. The van der Waals surface area contributed by atoms with E-state index in [9.17, 15) is 9.59 Å². The number of ether oxygens (including phenoxy) is 1. The molecular formula is C17H21ClN4O4. The molecule has 0 saturated carbocycles. The van der Waals surface area contributed by atoms with Gasteiger partial charge in [-0.2, -0.15) is 0 Å². The predicted molar refractivity (Wildman–Crippen MR) is 98.5 cm³/mol. The summed E-state index contributed by atoms with van der Waals surface area (Å²) in [5.41, 5.74) is 6.83. The Morgan fingerprint density at radius 3 is 2.23 bits per heavy atom. The van der Waals surface area contributed by atoms with Crippen LogP contribution < -0.4 is 16.4 Å². The van der Waals surface area contributed by atoms with Crippen molar-refractivity contribution in [3.63, 3.8) is 0 Å². The lowest BCUT2D eigenvalue weighted by Gasteiger charge is -2.31. The topological polar surface area (TPSA) is 119 Å². The number of aryl methyl sites for hydroxylation is 1. The van der Waals surface area contributed by atoms with Crippen LogP contribution in [0, 0.1) is 6.92 Å². The number of rotatable bonds is 4. The van der Waals surface area contributed by atoms with Gasteiger partial charge in [-0.25, -0.2) is 0 Å². The van der Waals surface area contributed by atoms with Crippen LogP contribution >= 0.6 is 12.4 Å². The molecule has 2 amide bonds. The summed E-state index contributed by atoms with van der Waals surface area (Å²) in [6.07, 6.45) is 2.35. The van der Waals surface area contributed by atoms with Crippen LogP contribution in [-0.4, -0.2) is 35.7 Å². The van der Waals surface area contributed by atoms with Crippen molar-refractivity contribution in [3.05, 3.63) is 41.8 Å². The lowest BCUT2D eigenvalue weighted by Crippen LogP contribution is -2.54. The van der Waals surface area contributed by atoms with Gasteiger partial charge >= 0.3 is 0 Å². The zero-order valence-electron chi connectivity index (χ0n) is 14.3. The molecule has 1 aromatic carbocycles. The first-order valence-corrected chi connectivity index (χ1v) is 7.99. The number of halogens is 1. The van der Waals surface area contributed by atoms with E-state index in [1.807, 2.05) is 0 Å². The first kappa shape index (κ1) is 19.9. The van der Waals surface area contributed by atoms with Crippen LogP contribution in [0.15, 0.2) is 35.0 Å². The fourth-order valence-corrected chi connectivity index (χ4v) is 2.57. The minimum absolute atomic E-state index is 0. The highest BCUT2D eigenvalue weighted by molar-refractivity contribution is 6.05. The Kier molecular flexibility index (Phi) is 6.36. The lowest BCUT2D eigenvalue weighted by atomic mass is 9.90. The lowest BCUT2D eigenvalue weighted by molar-refractivity contribution is -0.124. The SMILES string of the molecule is Cc1oncc1C(=O)Nc1ccc(NC(=O)C2(N)CCOCC2)cc1.Cl. The maximum Gasteiger partial charge on any atom is 0.260 e. The zero-order chi connectivity index (χ0) is 17.9. The van der Waals surface area contributed by atoms with Crippen LogP contribution in [0.3, 0.4) is 0 Å². The minimum Gasteiger partial charge on any atom is -0.381 e. The fourth-order valence-electron chi connectivity index (χ4n) is 2.57. The number of nitrogens with one attached hydrogen (secondary N) is 2. The van der Waals surface area contributed by atoms with Crippen molar-refractivity contribution in [2.75, 3.05) is 23.8 Å². The average Bonchev–Trinajstić information content (AvgIpc) is 3.03. The van der Waals surface area contributed by atoms with Gasteiger partial charge in [0, 0.05) is 24.6 Å². The average molecular weight is 381 g/mol. The second-order valence-electron chi connectivity index (χ2n) is 6.05. The van der Waals surface area contributed by atoms with E-state index in [4.69, 9.17) is 15.0 Å². The van der Waals surface area contributed by atoms with Crippen LogP contribution in [0.2, 0.25) is 0 Å². The van der Waals surface area contributed by atoms with E-state index >= 15 is 0 Å². The Morgan fingerprint density at radius 1 is 1.12 bits per heavy atom. The highest BCUT2D eigenvalue weighted by Crippen LogP contribution is 2.21. The summed E-state index contributed by atoms with van der Waals surface area (Å²) in [6, 6.07) is 6.81. The van der Waals surface area contributed by atoms with Gasteiger partial charge in [0.2, 0.25) is 5.91 Å². The summed E-state index contributed by atoms with van der Waals surface area (Å²) < 4.78 is 10.1. The molecule has 140 valence electrons. The number of benzene rings is 1. The number of aromatic nitrogens is 1. The zero-order valence-corrected chi connectivity index (χ0v) is 15.1. The summed E-state index contributed by atoms with van der Waals surface area (Å²) in [4.78, 5) is 24.5. The Balaban J connectivity index is 0.00000243. The third-order valence-electron chi connectivity index (χ3n) is 4.23. The summed E-state index contributed by atoms with van der Waals surface area (Å²) >= 11 is 0. The first-order valence-electron chi connectivity index (χ1n) is 7.99. The Hall–Kier alpha value is -2.42. The van der Waals surface area contributed by atoms with E-state index in [1.165, 1.54) is 6.20 Å². The van der Waals surface area contributed by atoms with Gasteiger partial charge in [0.05, 0.1) is 6.20 Å². The molecule has 1 saturated heterocycles. The molecule has 1 fully saturated rings. The van der Waals surface area contributed by atoms with Gasteiger partial charge in [0.1, 0.15) is 16.9 Å². The monoisotopic (exact) mass is 380 g/mol. The molecule has 0 bridgehead atoms. The summed E-state index contributed by atoms with van der Waals surface area (Å²) in [5.74, 6) is -0.0857. The molecular weight excluding hydrogens is 360 g/mol. The molecule has 26 heavy (non-hydrogen) atoms. The van der Waals surface area contributed by atoms with Crippen LogP contribution in [0.4, 0.5) is 11.4 Å². The standard InChI is InChI=1S/C17H20N4O4.ClH/c1-11-14(10-19-25-11)15(22)20-12-2-4-13(5-3-12)21-16(23)17(18)6-8-24-9-7-17;/h2-5,10H,6-9,18H2,1H3,(H,20,22)(H,21,23);1H. The number of hydrogen-bond donors (Lipinski definition) is 3. The van der Waals surface area contributed by atoms with Gasteiger partial charge in [0.25, 0.3) is 5.91 Å². The van der Waals surface area contributed by atoms with Gasteiger partial charge in [-0.1, -0.05) is 5.16 Å². The third-order valence-corrected chi connectivity index (χ3v) is 4.23. The molecule has 0 spiro atoms. The quantitative estimate of drug-likeness (QED) is 0.747. The molecule has 0 radical (unpaired) electrons. The Labute approximate surface area is 156 Å². The molecule has 0 atom stereocenters. The fraction of sp³-hybridized carbons (Fsp3) is 0.353. The number of hydrogen-bond acceptors (Lipinski definition) is 6. The molecule has 1 aromatic heterocycles. The molecule has 0 unspecified atom stereocenters. The van der Waals surface area contributed by atoms with Crippen molar-refractivity contribution in [2.45, 2.75) is 25.3 Å². The van der Waals surface area contributed by atoms with Crippen LogP contribution in [0.25, 0.3) is 0 Å². The van der Waals surface area contributed by atoms with Gasteiger partial charge in [-0.3, -0.25) is 9.59 Å². The van der Waals surface area contributed by atoms with Crippen LogP contribution in [-0.2, 0) is 9.53 Å². The van der Waals surface area contributed by atoms with Crippen LogP contribution in [0.1, 0.15) is 29.0 Å². The largest absolute Gasteiger partial charge is 0.381 e. The van der Waals surface area contributed by atoms with Gasteiger partial charge in [-0.05, 0) is 44.0 Å².